The van der Waals surface area contributed by atoms with E-state index in [0.29, 0.717) is 11.5 Å². The van der Waals surface area contributed by atoms with Crippen LogP contribution in [0.2, 0.25) is 0 Å². The molecule has 160 valence electrons. The summed E-state index contributed by atoms with van der Waals surface area (Å²) in [4.78, 5) is 14.4. The van der Waals surface area contributed by atoms with E-state index in [1.54, 1.807) is 43.5 Å². The van der Waals surface area contributed by atoms with E-state index in [4.69, 9.17) is 9.47 Å². The van der Waals surface area contributed by atoms with Gasteiger partial charge in [-0.15, -0.1) is 0 Å². The number of ether oxygens (including phenoxy) is 2. The van der Waals surface area contributed by atoms with E-state index in [9.17, 15) is 9.90 Å². The number of hydrazone groups is 1. The summed E-state index contributed by atoms with van der Waals surface area (Å²) in [5.41, 5.74) is 4.91. The standard InChI is InChI=1S/C23H29N3O4/c1-17(24-25-23(28)16-30-21-9-7-20(29-2)8-10-21)18-6-11-22(27)19(14-18)15-26-12-4-3-5-13-26/h6-11,14,27H,3-5,12-13,15-16H2,1-2H3,(H,25,28)/b24-17+. The molecule has 0 spiro atoms. The lowest BCUT2D eigenvalue weighted by Gasteiger charge is -2.26. The van der Waals surface area contributed by atoms with Crippen LogP contribution in [0.1, 0.15) is 37.3 Å². The summed E-state index contributed by atoms with van der Waals surface area (Å²) in [5, 5.41) is 14.4. The number of phenolic OH excluding ortho intramolecular Hbond substituents is 1. The first-order valence-electron chi connectivity index (χ1n) is 10.2. The second kappa shape index (κ2) is 10.6. The Balaban J connectivity index is 1.54. The van der Waals surface area contributed by atoms with E-state index in [0.717, 1.165) is 36.5 Å². The molecule has 1 fully saturated rings. The Morgan fingerprint density at radius 2 is 1.80 bits per heavy atom. The molecule has 1 saturated heterocycles. The number of phenols is 1. The van der Waals surface area contributed by atoms with Crippen LogP contribution in [-0.4, -0.2) is 48.4 Å². The Morgan fingerprint density at radius 3 is 2.50 bits per heavy atom. The molecule has 1 aliphatic rings. The van der Waals surface area contributed by atoms with Gasteiger partial charge in [0.2, 0.25) is 0 Å². The van der Waals surface area contributed by atoms with Gasteiger partial charge in [0.1, 0.15) is 17.2 Å². The number of carbonyl (C=O) groups is 1. The molecule has 0 unspecified atom stereocenters. The largest absolute Gasteiger partial charge is 0.508 e. The van der Waals surface area contributed by atoms with E-state index in [-0.39, 0.29) is 18.3 Å². The van der Waals surface area contributed by atoms with Gasteiger partial charge in [-0.05, 0) is 80.9 Å². The lowest BCUT2D eigenvalue weighted by Crippen LogP contribution is -2.29. The van der Waals surface area contributed by atoms with Crippen molar-refractivity contribution in [2.45, 2.75) is 32.7 Å². The number of hydrogen-bond acceptors (Lipinski definition) is 6. The highest BCUT2D eigenvalue weighted by Gasteiger charge is 2.13. The lowest BCUT2D eigenvalue weighted by atomic mass is 10.0. The van der Waals surface area contributed by atoms with Crippen molar-refractivity contribution >= 4 is 11.6 Å². The average Bonchev–Trinajstić information content (AvgIpc) is 2.78. The highest BCUT2D eigenvalue weighted by Crippen LogP contribution is 2.22. The zero-order chi connectivity index (χ0) is 21.3. The van der Waals surface area contributed by atoms with Gasteiger partial charge < -0.3 is 14.6 Å². The smallest absolute Gasteiger partial charge is 0.277 e. The lowest BCUT2D eigenvalue weighted by molar-refractivity contribution is -0.123. The number of methoxy groups -OCH3 is 1. The third-order valence-corrected chi connectivity index (χ3v) is 5.12. The SMILES string of the molecule is COc1ccc(OCC(=O)N/N=C(\C)c2ccc(O)c(CN3CCCCC3)c2)cc1. The molecule has 1 heterocycles. The first-order valence-corrected chi connectivity index (χ1v) is 10.2. The summed E-state index contributed by atoms with van der Waals surface area (Å²) in [6.45, 7) is 4.51. The molecule has 0 radical (unpaired) electrons. The van der Waals surface area contributed by atoms with Gasteiger partial charge in [-0.3, -0.25) is 9.69 Å². The summed E-state index contributed by atoms with van der Waals surface area (Å²) in [7, 11) is 1.59. The van der Waals surface area contributed by atoms with Gasteiger partial charge in [-0.25, -0.2) is 5.43 Å². The summed E-state index contributed by atoms with van der Waals surface area (Å²) >= 11 is 0. The molecule has 2 N–H and O–H groups in total. The minimum absolute atomic E-state index is 0.140. The highest BCUT2D eigenvalue weighted by atomic mass is 16.5. The third kappa shape index (κ3) is 6.22. The molecule has 2 aromatic carbocycles. The Morgan fingerprint density at radius 1 is 1.10 bits per heavy atom. The summed E-state index contributed by atoms with van der Waals surface area (Å²) in [5.74, 6) is 1.24. The minimum atomic E-state index is -0.350. The molecular weight excluding hydrogens is 382 g/mol. The number of amides is 1. The average molecular weight is 412 g/mol. The van der Waals surface area contributed by atoms with Gasteiger partial charge in [0, 0.05) is 12.1 Å². The van der Waals surface area contributed by atoms with Crippen LogP contribution in [-0.2, 0) is 11.3 Å². The van der Waals surface area contributed by atoms with Crippen LogP contribution < -0.4 is 14.9 Å². The van der Waals surface area contributed by atoms with Crippen LogP contribution in [0.5, 0.6) is 17.2 Å². The van der Waals surface area contributed by atoms with Crippen molar-refractivity contribution in [1.82, 2.24) is 10.3 Å². The molecule has 7 nitrogen and oxygen atoms in total. The van der Waals surface area contributed by atoms with Gasteiger partial charge in [-0.2, -0.15) is 5.10 Å². The molecule has 1 amide bonds. The van der Waals surface area contributed by atoms with E-state index >= 15 is 0 Å². The molecule has 0 aromatic heterocycles. The summed E-state index contributed by atoms with van der Waals surface area (Å²) in [6, 6.07) is 12.4. The van der Waals surface area contributed by atoms with Gasteiger partial charge in [0.25, 0.3) is 5.91 Å². The molecule has 0 bridgehead atoms. The topological polar surface area (TPSA) is 83.4 Å². The van der Waals surface area contributed by atoms with Crippen LogP contribution in [0.4, 0.5) is 0 Å². The Hall–Kier alpha value is -3.06. The van der Waals surface area contributed by atoms with Gasteiger partial charge >= 0.3 is 0 Å². The van der Waals surface area contributed by atoms with Crippen molar-refractivity contribution in [2.75, 3.05) is 26.8 Å². The van der Waals surface area contributed by atoms with Gasteiger partial charge in [0.15, 0.2) is 6.61 Å². The summed E-state index contributed by atoms with van der Waals surface area (Å²) in [6.07, 6.45) is 3.67. The van der Waals surface area contributed by atoms with Crippen molar-refractivity contribution < 1.29 is 19.4 Å². The quantitative estimate of drug-likeness (QED) is 0.514. The number of nitrogens with one attached hydrogen (secondary N) is 1. The van der Waals surface area contributed by atoms with E-state index in [2.05, 4.69) is 15.4 Å². The number of piperidine rings is 1. The van der Waals surface area contributed by atoms with Crippen LogP contribution in [0.3, 0.4) is 0 Å². The van der Waals surface area contributed by atoms with Crippen LogP contribution in [0, 0.1) is 0 Å². The minimum Gasteiger partial charge on any atom is -0.508 e. The molecule has 0 saturated carbocycles. The molecular formula is C23H29N3O4. The first kappa shape index (κ1) is 21.6. The fourth-order valence-corrected chi connectivity index (χ4v) is 3.36. The van der Waals surface area contributed by atoms with Crippen LogP contribution >= 0.6 is 0 Å². The number of hydrogen-bond donors (Lipinski definition) is 2. The second-order valence-corrected chi connectivity index (χ2v) is 7.38. The van der Waals surface area contributed by atoms with Gasteiger partial charge in [-0.1, -0.05) is 6.42 Å². The molecule has 3 rings (SSSR count). The zero-order valence-corrected chi connectivity index (χ0v) is 17.6. The number of aromatic hydroxyl groups is 1. The van der Waals surface area contributed by atoms with E-state index in [1.165, 1.54) is 19.3 Å². The number of nitrogens with zero attached hydrogens (tertiary/aromatic N) is 2. The Labute approximate surface area is 177 Å². The fourth-order valence-electron chi connectivity index (χ4n) is 3.36. The maximum atomic E-state index is 12.0. The maximum Gasteiger partial charge on any atom is 0.277 e. The molecule has 2 aromatic rings. The summed E-state index contributed by atoms with van der Waals surface area (Å²) < 4.78 is 10.5. The van der Waals surface area contributed by atoms with E-state index in [1.807, 2.05) is 13.0 Å². The molecule has 30 heavy (non-hydrogen) atoms. The monoisotopic (exact) mass is 411 g/mol. The Kier molecular flexibility index (Phi) is 7.68. The van der Waals surface area contributed by atoms with Crippen molar-refractivity contribution in [1.29, 1.82) is 0 Å². The zero-order valence-electron chi connectivity index (χ0n) is 17.6. The van der Waals surface area contributed by atoms with Gasteiger partial charge in [0.05, 0.1) is 12.8 Å². The number of benzene rings is 2. The predicted octanol–water partition coefficient (Wildman–Crippen LogP) is 3.31. The molecule has 0 aliphatic carbocycles. The highest BCUT2D eigenvalue weighted by molar-refractivity contribution is 5.99. The number of carbonyl (C=O) groups excluding carboxylic acids is 1. The normalized spacial score (nSPS) is 14.9. The van der Waals surface area contributed by atoms with E-state index < -0.39 is 0 Å². The fraction of sp³-hybridized carbons (Fsp3) is 0.391. The van der Waals surface area contributed by atoms with Crippen molar-refractivity contribution in [3.8, 4) is 17.2 Å². The number of likely N-dealkylation sites (tertiary alicyclic amines) is 1. The second-order valence-electron chi connectivity index (χ2n) is 7.38. The maximum absolute atomic E-state index is 12.0. The molecule has 1 aliphatic heterocycles. The van der Waals surface area contributed by atoms with Crippen LogP contribution in [0.15, 0.2) is 47.6 Å². The first-order chi connectivity index (χ1) is 14.5. The Bertz CT molecular complexity index is 875. The predicted molar refractivity (Wildman–Crippen MR) is 116 cm³/mol. The molecule has 0 atom stereocenters. The van der Waals surface area contributed by atoms with Crippen molar-refractivity contribution in [3.05, 3.63) is 53.6 Å². The van der Waals surface area contributed by atoms with Crippen molar-refractivity contribution in [2.24, 2.45) is 5.10 Å². The number of rotatable bonds is 8. The van der Waals surface area contributed by atoms with Crippen LogP contribution in [0.25, 0.3) is 0 Å². The molecule has 7 heteroatoms. The third-order valence-electron chi connectivity index (χ3n) is 5.12. The van der Waals surface area contributed by atoms with Crippen molar-refractivity contribution in [3.63, 3.8) is 0 Å².